The van der Waals surface area contributed by atoms with Gasteiger partial charge in [-0.15, -0.1) is 0 Å². The van der Waals surface area contributed by atoms with E-state index in [0.717, 1.165) is 16.7 Å². The predicted molar refractivity (Wildman–Crippen MR) is 99.3 cm³/mol. The minimum absolute atomic E-state index is 0.0784. The highest BCUT2D eigenvalue weighted by Gasteiger charge is 2.49. The van der Waals surface area contributed by atoms with E-state index in [1.54, 1.807) is 19.1 Å². The molecule has 1 fully saturated rings. The number of urea groups is 1. The van der Waals surface area contributed by atoms with Crippen molar-refractivity contribution in [3.63, 3.8) is 0 Å². The number of nitrogens with zero attached hydrogens (tertiary/aromatic N) is 1. The van der Waals surface area contributed by atoms with Gasteiger partial charge in [-0.1, -0.05) is 41.4 Å². The first-order valence-electron chi connectivity index (χ1n) is 8.61. The number of aryl methyl sites for hydroxylation is 1. The third-order valence-corrected chi connectivity index (χ3v) is 5.20. The Morgan fingerprint density at radius 1 is 1.22 bits per heavy atom. The van der Waals surface area contributed by atoms with E-state index in [-0.39, 0.29) is 19.2 Å². The van der Waals surface area contributed by atoms with Gasteiger partial charge in [0.2, 0.25) is 0 Å². The molecule has 27 heavy (non-hydrogen) atoms. The molecule has 140 valence electrons. The first kappa shape index (κ1) is 17.8. The molecule has 2 aromatic carbocycles. The van der Waals surface area contributed by atoms with Crippen LogP contribution in [0.5, 0.6) is 5.75 Å². The van der Waals surface area contributed by atoms with Crippen molar-refractivity contribution in [3.05, 3.63) is 63.7 Å². The molecule has 6 nitrogen and oxygen atoms in total. The molecule has 0 aromatic heterocycles. The summed E-state index contributed by atoms with van der Waals surface area (Å²) in [5.41, 5.74) is 2.20. The summed E-state index contributed by atoms with van der Waals surface area (Å²) in [6.07, 6.45) is 0. The lowest BCUT2D eigenvalue weighted by Crippen LogP contribution is -2.40. The molecule has 0 saturated carbocycles. The van der Waals surface area contributed by atoms with Gasteiger partial charge in [0, 0.05) is 16.1 Å². The molecule has 2 aliphatic heterocycles. The van der Waals surface area contributed by atoms with Gasteiger partial charge < -0.3 is 14.8 Å². The minimum atomic E-state index is -1.10. The van der Waals surface area contributed by atoms with Crippen molar-refractivity contribution in [2.45, 2.75) is 32.5 Å². The van der Waals surface area contributed by atoms with Crippen LogP contribution in [0, 0.1) is 6.92 Å². The van der Waals surface area contributed by atoms with Gasteiger partial charge in [-0.2, -0.15) is 0 Å². The largest absolute Gasteiger partial charge is 0.467 e. The normalized spacial score (nSPS) is 21.7. The standard InChI is InChI=1S/C20H19ClN2O4/c1-12-3-5-15(6-4-12)20(2)18(24)23(19(25)22-20)9-13-7-16(21)8-14-10-26-11-27-17(13)14/h3-8H,9-11H2,1-2H3,(H,22,25)/t20-/m1/s1. The van der Waals surface area contributed by atoms with Crippen LogP contribution in [0.4, 0.5) is 4.79 Å². The van der Waals surface area contributed by atoms with Crippen LogP contribution in [-0.4, -0.2) is 23.6 Å². The van der Waals surface area contributed by atoms with Gasteiger partial charge in [-0.05, 0) is 31.5 Å². The fourth-order valence-corrected chi connectivity index (χ4v) is 3.73. The van der Waals surface area contributed by atoms with Crippen LogP contribution >= 0.6 is 11.6 Å². The first-order valence-corrected chi connectivity index (χ1v) is 8.99. The summed E-state index contributed by atoms with van der Waals surface area (Å²) in [7, 11) is 0. The Balaban J connectivity index is 1.66. The molecule has 7 heteroatoms. The van der Waals surface area contributed by atoms with Gasteiger partial charge in [-0.25, -0.2) is 4.79 Å². The molecule has 2 aliphatic rings. The number of halogens is 1. The highest BCUT2D eigenvalue weighted by Crippen LogP contribution is 2.35. The van der Waals surface area contributed by atoms with Crippen LogP contribution in [-0.2, 0) is 28.2 Å². The summed E-state index contributed by atoms with van der Waals surface area (Å²) in [6, 6.07) is 10.6. The number of benzene rings is 2. The third kappa shape index (κ3) is 3.05. The zero-order valence-corrected chi connectivity index (χ0v) is 15.8. The Labute approximate surface area is 162 Å². The molecule has 3 amide bonds. The SMILES string of the molecule is Cc1ccc([C@@]2(C)NC(=O)N(Cc3cc(Cl)cc4c3OCOC4)C2=O)cc1. The summed E-state index contributed by atoms with van der Waals surface area (Å²) in [6.45, 7) is 4.27. The number of rotatable bonds is 3. The number of carbonyl (C=O) groups excluding carboxylic acids is 2. The Bertz CT molecular complexity index is 928. The Morgan fingerprint density at radius 2 is 1.96 bits per heavy atom. The Morgan fingerprint density at radius 3 is 2.70 bits per heavy atom. The maximum absolute atomic E-state index is 13.1. The van der Waals surface area contributed by atoms with E-state index in [0.29, 0.717) is 22.9 Å². The second kappa shape index (κ2) is 6.55. The topological polar surface area (TPSA) is 67.9 Å². The van der Waals surface area contributed by atoms with Crippen LogP contribution in [0.25, 0.3) is 0 Å². The van der Waals surface area contributed by atoms with Crippen molar-refractivity contribution in [2.75, 3.05) is 6.79 Å². The number of hydrogen-bond acceptors (Lipinski definition) is 4. The fourth-order valence-electron chi connectivity index (χ4n) is 3.47. The van der Waals surface area contributed by atoms with Crippen molar-refractivity contribution < 1.29 is 19.1 Å². The molecular weight excluding hydrogens is 368 g/mol. The van der Waals surface area contributed by atoms with Crippen molar-refractivity contribution >= 4 is 23.5 Å². The Hall–Kier alpha value is -2.57. The average Bonchev–Trinajstić information content (AvgIpc) is 2.86. The number of amides is 3. The molecule has 0 bridgehead atoms. The molecule has 1 saturated heterocycles. The molecular formula is C20H19ClN2O4. The van der Waals surface area contributed by atoms with E-state index >= 15 is 0 Å². The molecule has 4 rings (SSSR count). The van der Waals surface area contributed by atoms with Gasteiger partial charge >= 0.3 is 6.03 Å². The lowest BCUT2D eigenvalue weighted by Gasteiger charge is -2.24. The number of imide groups is 1. The number of carbonyl (C=O) groups is 2. The van der Waals surface area contributed by atoms with E-state index < -0.39 is 11.6 Å². The van der Waals surface area contributed by atoms with E-state index in [1.807, 2.05) is 31.2 Å². The third-order valence-electron chi connectivity index (χ3n) is 4.98. The molecule has 2 aromatic rings. The summed E-state index contributed by atoms with van der Waals surface area (Å²) in [4.78, 5) is 26.9. The molecule has 1 atom stereocenters. The summed E-state index contributed by atoms with van der Waals surface area (Å²) < 4.78 is 10.9. The monoisotopic (exact) mass is 386 g/mol. The zero-order chi connectivity index (χ0) is 19.2. The van der Waals surface area contributed by atoms with E-state index in [2.05, 4.69) is 5.32 Å². The van der Waals surface area contributed by atoms with Gasteiger partial charge in [0.25, 0.3) is 5.91 Å². The molecule has 0 spiro atoms. The maximum Gasteiger partial charge on any atom is 0.325 e. The smallest absolute Gasteiger partial charge is 0.325 e. The van der Waals surface area contributed by atoms with Crippen LogP contribution in [0.2, 0.25) is 5.02 Å². The Kier molecular flexibility index (Phi) is 4.32. The van der Waals surface area contributed by atoms with Gasteiger partial charge in [0.15, 0.2) is 6.79 Å². The number of nitrogens with one attached hydrogen (secondary N) is 1. The van der Waals surface area contributed by atoms with Crippen molar-refractivity contribution in [3.8, 4) is 5.75 Å². The average molecular weight is 387 g/mol. The quantitative estimate of drug-likeness (QED) is 0.820. The molecule has 2 heterocycles. The van der Waals surface area contributed by atoms with Gasteiger partial charge in [-0.3, -0.25) is 9.69 Å². The first-order chi connectivity index (χ1) is 12.9. The second-order valence-electron chi connectivity index (χ2n) is 6.98. The summed E-state index contributed by atoms with van der Waals surface area (Å²) >= 11 is 6.19. The highest BCUT2D eigenvalue weighted by molar-refractivity contribution is 6.30. The lowest BCUT2D eigenvalue weighted by molar-refractivity contribution is -0.131. The number of fused-ring (bicyclic) bond motifs is 1. The van der Waals surface area contributed by atoms with E-state index in [4.69, 9.17) is 21.1 Å². The van der Waals surface area contributed by atoms with Crippen LogP contribution in [0.15, 0.2) is 36.4 Å². The van der Waals surface area contributed by atoms with Crippen molar-refractivity contribution in [1.82, 2.24) is 10.2 Å². The molecule has 0 unspecified atom stereocenters. The van der Waals surface area contributed by atoms with Gasteiger partial charge in [0.05, 0.1) is 13.2 Å². The van der Waals surface area contributed by atoms with Crippen molar-refractivity contribution in [2.24, 2.45) is 0 Å². The zero-order valence-electron chi connectivity index (χ0n) is 15.0. The fraction of sp³-hybridized carbons (Fsp3) is 0.300. The molecule has 0 aliphatic carbocycles. The highest BCUT2D eigenvalue weighted by atomic mass is 35.5. The van der Waals surface area contributed by atoms with Crippen LogP contribution < -0.4 is 10.1 Å². The van der Waals surface area contributed by atoms with Crippen LogP contribution in [0.1, 0.15) is 29.2 Å². The lowest BCUT2D eigenvalue weighted by atomic mass is 9.91. The maximum atomic E-state index is 13.1. The summed E-state index contributed by atoms with van der Waals surface area (Å²) in [5, 5.41) is 3.33. The van der Waals surface area contributed by atoms with Crippen LogP contribution in [0.3, 0.4) is 0 Å². The minimum Gasteiger partial charge on any atom is -0.467 e. The summed E-state index contributed by atoms with van der Waals surface area (Å²) in [5.74, 6) is 0.312. The van der Waals surface area contributed by atoms with E-state index in [1.165, 1.54) is 4.90 Å². The van der Waals surface area contributed by atoms with Gasteiger partial charge in [0.1, 0.15) is 11.3 Å². The number of ether oxygens (including phenoxy) is 2. The van der Waals surface area contributed by atoms with Crippen molar-refractivity contribution in [1.29, 1.82) is 0 Å². The molecule has 1 N–H and O–H groups in total. The number of hydrogen-bond donors (Lipinski definition) is 1. The predicted octanol–water partition coefficient (Wildman–Crippen LogP) is 3.48. The molecule has 0 radical (unpaired) electrons. The second-order valence-corrected chi connectivity index (χ2v) is 7.41. The van der Waals surface area contributed by atoms with E-state index in [9.17, 15) is 9.59 Å².